The molecule has 0 atom stereocenters. The van der Waals surface area contributed by atoms with Gasteiger partial charge >= 0.3 is 0 Å². The first-order valence-corrected chi connectivity index (χ1v) is 9.45. The molecule has 3 aromatic rings. The van der Waals surface area contributed by atoms with Crippen LogP contribution in [0.15, 0.2) is 54.7 Å². The summed E-state index contributed by atoms with van der Waals surface area (Å²) < 4.78 is 5.33. The van der Waals surface area contributed by atoms with E-state index in [1.165, 1.54) is 0 Å². The molecule has 2 aromatic heterocycles. The highest BCUT2D eigenvalue weighted by Gasteiger charge is 2.12. The predicted octanol–water partition coefficient (Wildman–Crippen LogP) is 2.44. The molecule has 1 aliphatic rings. The second-order valence-corrected chi connectivity index (χ2v) is 6.65. The van der Waals surface area contributed by atoms with Gasteiger partial charge in [0.15, 0.2) is 0 Å². The smallest absolute Gasteiger partial charge is 0.270 e. The van der Waals surface area contributed by atoms with Crippen LogP contribution < -0.4 is 10.6 Å². The second-order valence-electron chi connectivity index (χ2n) is 6.65. The number of ether oxygens (including phenoxy) is 1. The molecule has 4 rings (SSSR count). The van der Waals surface area contributed by atoms with Crippen LogP contribution in [0.25, 0.3) is 10.9 Å². The minimum absolute atomic E-state index is 0.167. The van der Waals surface area contributed by atoms with Gasteiger partial charge in [0.1, 0.15) is 11.5 Å². The number of benzene rings is 1. The lowest BCUT2D eigenvalue weighted by Crippen LogP contribution is -2.41. The lowest BCUT2D eigenvalue weighted by Gasteiger charge is -2.26. The average Bonchev–Trinajstić information content (AvgIpc) is 2.74. The fourth-order valence-corrected chi connectivity index (χ4v) is 3.17. The van der Waals surface area contributed by atoms with E-state index in [0.717, 1.165) is 49.4 Å². The third-order valence-electron chi connectivity index (χ3n) is 4.67. The summed E-state index contributed by atoms with van der Waals surface area (Å²) in [6.45, 7) is 4.75. The number of carbonyl (C=O) groups is 1. The van der Waals surface area contributed by atoms with Crippen molar-refractivity contribution < 1.29 is 9.53 Å². The van der Waals surface area contributed by atoms with Crippen molar-refractivity contribution in [3.8, 4) is 0 Å². The van der Waals surface area contributed by atoms with E-state index in [4.69, 9.17) is 4.74 Å². The molecule has 1 saturated heterocycles. The number of carbonyl (C=O) groups excluding carboxylic acids is 1. The van der Waals surface area contributed by atoms with Gasteiger partial charge in [0.25, 0.3) is 5.91 Å². The molecule has 3 heterocycles. The molecule has 0 aliphatic carbocycles. The van der Waals surface area contributed by atoms with Gasteiger partial charge in [0, 0.05) is 43.4 Å². The molecule has 7 heteroatoms. The van der Waals surface area contributed by atoms with E-state index < -0.39 is 0 Å². The van der Waals surface area contributed by atoms with E-state index in [1.807, 2.05) is 42.5 Å². The summed E-state index contributed by atoms with van der Waals surface area (Å²) in [6, 6.07) is 15.2. The highest BCUT2D eigenvalue weighted by molar-refractivity contribution is 5.92. The Bertz CT molecular complexity index is 956. The lowest BCUT2D eigenvalue weighted by molar-refractivity contribution is 0.0383. The van der Waals surface area contributed by atoms with E-state index in [-0.39, 0.29) is 5.91 Å². The molecule has 1 aliphatic heterocycles. The molecule has 0 radical (unpaired) electrons. The van der Waals surface area contributed by atoms with Gasteiger partial charge in [0.2, 0.25) is 0 Å². The van der Waals surface area contributed by atoms with Crippen LogP contribution in [0.5, 0.6) is 0 Å². The van der Waals surface area contributed by atoms with Gasteiger partial charge in [-0.25, -0.2) is 4.98 Å². The van der Waals surface area contributed by atoms with Gasteiger partial charge in [-0.3, -0.25) is 14.7 Å². The molecule has 0 unspecified atom stereocenters. The number of aromatic nitrogens is 2. The third-order valence-corrected chi connectivity index (χ3v) is 4.67. The summed E-state index contributed by atoms with van der Waals surface area (Å²) in [7, 11) is 0. The van der Waals surface area contributed by atoms with Crippen LogP contribution in [-0.4, -0.2) is 60.2 Å². The first-order valence-electron chi connectivity index (χ1n) is 9.45. The molecule has 1 aromatic carbocycles. The first kappa shape index (κ1) is 18.3. The van der Waals surface area contributed by atoms with Crippen LogP contribution in [0, 0.1) is 0 Å². The molecule has 7 nitrogen and oxygen atoms in total. The van der Waals surface area contributed by atoms with Gasteiger partial charge in [-0.05, 0) is 36.4 Å². The van der Waals surface area contributed by atoms with Gasteiger partial charge < -0.3 is 15.4 Å². The summed E-state index contributed by atoms with van der Waals surface area (Å²) in [6.07, 6.45) is 1.78. The van der Waals surface area contributed by atoms with Crippen molar-refractivity contribution in [3.63, 3.8) is 0 Å². The highest BCUT2D eigenvalue weighted by atomic mass is 16.5. The zero-order chi connectivity index (χ0) is 19.2. The molecule has 0 spiro atoms. The zero-order valence-electron chi connectivity index (χ0n) is 15.6. The maximum Gasteiger partial charge on any atom is 0.270 e. The van der Waals surface area contributed by atoms with Crippen LogP contribution in [0.1, 0.15) is 10.5 Å². The van der Waals surface area contributed by atoms with Gasteiger partial charge in [-0.2, -0.15) is 0 Å². The van der Waals surface area contributed by atoms with Gasteiger partial charge in [0.05, 0.1) is 18.7 Å². The number of nitrogens with zero attached hydrogens (tertiary/aromatic N) is 3. The highest BCUT2D eigenvalue weighted by Crippen LogP contribution is 2.20. The third kappa shape index (κ3) is 4.62. The van der Waals surface area contributed by atoms with E-state index in [9.17, 15) is 4.79 Å². The van der Waals surface area contributed by atoms with Crippen LogP contribution >= 0.6 is 0 Å². The fourth-order valence-electron chi connectivity index (χ4n) is 3.17. The minimum atomic E-state index is -0.167. The molecule has 1 amide bonds. The number of hydrogen-bond acceptors (Lipinski definition) is 6. The Morgan fingerprint density at radius 1 is 1.11 bits per heavy atom. The molecule has 0 saturated carbocycles. The Morgan fingerprint density at radius 2 is 2.00 bits per heavy atom. The zero-order valence-corrected chi connectivity index (χ0v) is 15.6. The topological polar surface area (TPSA) is 79.4 Å². The monoisotopic (exact) mass is 377 g/mol. The normalized spacial score (nSPS) is 14.7. The number of fused-ring (bicyclic) bond motifs is 1. The van der Waals surface area contributed by atoms with Crippen LogP contribution in [-0.2, 0) is 4.74 Å². The summed E-state index contributed by atoms with van der Waals surface area (Å²) in [5, 5.41) is 7.25. The fraction of sp³-hybridized carbons (Fsp3) is 0.286. The number of morpholine rings is 1. The van der Waals surface area contributed by atoms with E-state index in [1.54, 1.807) is 12.3 Å². The average molecular weight is 377 g/mol. The number of pyridine rings is 2. The number of amides is 1. The van der Waals surface area contributed by atoms with Crippen molar-refractivity contribution in [2.75, 3.05) is 44.7 Å². The number of rotatable bonds is 6. The SMILES string of the molecule is O=C(NCCN1CCOCC1)c1cccc(Nc2ccc3ncccc3c2)n1. The van der Waals surface area contributed by atoms with E-state index in [2.05, 4.69) is 25.5 Å². The lowest BCUT2D eigenvalue weighted by atomic mass is 10.2. The number of nitrogens with one attached hydrogen (secondary N) is 2. The Labute approximate surface area is 163 Å². The molecule has 144 valence electrons. The van der Waals surface area contributed by atoms with Crippen molar-refractivity contribution in [2.45, 2.75) is 0 Å². The molecule has 1 fully saturated rings. The van der Waals surface area contributed by atoms with Gasteiger partial charge in [-0.15, -0.1) is 0 Å². The Balaban J connectivity index is 1.36. The van der Waals surface area contributed by atoms with Crippen LogP contribution in [0.4, 0.5) is 11.5 Å². The first-order chi connectivity index (χ1) is 13.8. The maximum absolute atomic E-state index is 12.4. The molecule has 2 N–H and O–H groups in total. The summed E-state index contributed by atoms with van der Waals surface area (Å²) in [5.74, 6) is 0.462. The van der Waals surface area contributed by atoms with Crippen molar-refractivity contribution in [1.82, 2.24) is 20.2 Å². The number of hydrogen-bond donors (Lipinski definition) is 2. The largest absolute Gasteiger partial charge is 0.379 e. The Hall–Kier alpha value is -3.03. The van der Waals surface area contributed by atoms with E-state index >= 15 is 0 Å². The summed E-state index contributed by atoms with van der Waals surface area (Å²) >= 11 is 0. The Morgan fingerprint density at radius 3 is 2.89 bits per heavy atom. The molecular weight excluding hydrogens is 354 g/mol. The molecule has 28 heavy (non-hydrogen) atoms. The Kier molecular flexibility index (Phi) is 5.75. The quantitative estimate of drug-likeness (QED) is 0.687. The van der Waals surface area contributed by atoms with Crippen molar-refractivity contribution in [3.05, 3.63) is 60.4 Å². The standard InChI is InChI=1S/C21H23N5O2/c27-21(23-9-10-26-11-13-28-14-12-26)19-4-1-5-20(25-19)24-17-6-7-18-16(15-17)3-2-8-22-18/h1-8,15H,9-14H2,(H,23,27)(H,24,25). The maximum atomic E-state index is 12.4. The summed E-state index contributed by atoms with van der Waals surface area (Å²) in [5.41, 5.74) is 2.24. The van der Waals surface area contributed by atoms with Crippen molar-refractivity contribution >= 4 is 28.3 Å². The number of anilines is 2. The predicted molar refractivity (Wildman–Crippen MR) is 109 cm³/mol. The van der Waals surface area contributed by atoms with Crippen LogP contribution in [0.2, 0.25) is 0 Å². The van der Waals surface area contributed by atoms with E-state index in [0.29, 0.717) is 18.1 Å². The van der Waals surface area contributed by atoms with Crippen molar-refractivity contribution in [1.29, 1.82) is 0 Å². The van der Waals surface area contributed by atoms with Crippen molar-refractivity contribution in [2.24, 2.45) is 0 Å². The molecule has 0 bridgehead atoms. The van der Waals surface area contributed by atoms with Gasteiger partial charge in [-0.1, -0.05) is 12.1 Å². The molecular formula is C21H23N5O2. The summed E-state index contributed by atoms with van der Waals surface area (Å²) in [4.78, 5) is 23.5. The van der Waals surface area contributed by atoms with Crippen LogP contribution in [0.3, 0.4) is 0 Å². The second kappa shape index (κ2) is 8.77. The minimum Gasteiger partial charge on any atom is -0.379 e.